The summed E-state index contributed by atoms with van der Waals surface area (Å²) < 4.78 is 32.3. The lowest BCUT2D eigenvalue weighted by Crippen LogP contribution is -2.25. The smallest absolute Gasteiger partial charge is 0.321 e. The molecule has 254 valence electrons. The van der Waals surface area contributed by atoms with Crippen LogP contribution in [-0.4, -0.2) is 19.4 Å². The molecule has 0 aliphatic heterocycles. The Morgan fingerprint density at radius 1 is 0.756 bits per heavy atom. The molecule has 0 aliphatic carbocycles. The van der Waals surface area contributed by atoms with Crippen LogP contribution in [0.4, 0.5) is 17.1 Å². The lowest BCUT2D eigenvalue weighted by Gasteiger charge is -2.28. The fraction of sp³-hybridized carbons (Fsp3) is 0.639. The highest BCUT2D eigenvalue weighted by Crippen LogP contribution is 2.43. The number of rotatable bonds is 20. The van der Waals surface area contributed by atoms with Gasteiger partial charge in [-0.1, -0.05) is 130 Å². The molecule has 0 heterocycles. The summed E-state index contributed by atoms with van der Waals surface area (Å²) in [6.45, 7) is 16.2. The summed E-state index contributed by atoms with van der Waals surface area (Å²) in [7, 11) is -4.11. The molecule has 9 heteroatoms. The molecule has 7 nitrogen and oxygen atoms in total. The van der Waals surface area contributed by atoms with E-state index in [-0.39, 0.29) is 40.1 Å². The van der Waals surface area contributed by atoms with Crippen LogP contribution < -0.4 is 14.8 Å². The first-order chi connectivity index (χ1) is 21.2. The number of hydrogen-bond acceptors (Lipinski definition) is 4. The monoisotopic (exact) mass is 663 g/mol. The molecule has 0 saturated carbocycles. The Kier molecular flexibility index (Phi) is 16.0. The van der Waals surface area contributed by atoms with Crippen molar-refractivity contribution in [3.63, 3.8) is 0 Å². The average Bonchev–Trinajstić information content (AvgIpc) is 2.93. The number of aryl methyl sites for hydroxylation is 1. The highest BCUT2D eigenvalue weighted by molar-refractivity contribution is 7.94. The Morgan fingerprint density at radius 3 is 1.76 bits per heavy atom. The average molecular weight is 664 g/mol. The van der Waals surface area contributed by atoms with E-state index >= 15 is 0 Å². The molecule has 2 aromatic carbocycles. The molecule has 0 aromatic heterocycles. The largest absolute Gasteiger partial charge is 0.506 e. The van der Waals surface area contributed by atoms with Crippen LogP contribution in [0.25, 0.3) is 0 Å². The summed E-state index contributed by atoms with van der Waals surface area (Å²) in [5.74, 6) is -0.0865. The molecule has 45 heavy (non-hydrogen) atoms. The van der Waals surface area contributed by atoms with Crippen LogP contribution in [0.5, 0.6) is 5.75 Å². The van der Waals surface area contributed by atoms with Gasteiger partial charge in [0.2, 0.25) is 5.91 Å². The van der Waals surface area contributed by atoms with Gasteiger partial charge in [0.15, 0.2) is 0 Å². The van der Waals surface area contributed by atoms with Gasteiger partial charge in [-0.3, -0.25) is 14.2 Å². The minimum absolute atomic E-state index is 0.0177. The molecule has 4 N–H and O–H groups in total. The molecule has 0 bridgehead atoms. The predicted octanol–water partition coefficient (Wildman–Crippen LogP) is 11.1. The van der Waals surface area contributed by atoms with Gasteiger partial charge in [0.1, 0.15) is 5.75 Å². The standard InChI is InChI=1S/C36H58ClN3O4S/c1-9-10-11-12-13-14-15-16-17-18-19-20-32(41)38-34-29(24(2)3)23-30(25(4)5)35(33(34)26(6)7)40-45(43,44)39-28-21-27(8)36(42)31(37)22-28/h21-26,39-40,42H,9-20H2,1-8H3,(H,38,41). The van der Waals surface area contributed by atoms with Crippen molar-refractivity contribution in [3.8, 4) is 5.75 Å². The number of carbonyl (C=O) groups is 1. The van der Waals surface area contributed by atoms with Crippen LogP contribution in [0.15, 0.2) is 18.2 Å². The van der Waals surface area contributed by atoms with E-state index in [0.29, 0.717) is 23.4 Å². The van der Waals surface area contributed by atoms with E-state index in [4.69, 9.17) is 11.6 Å². The van der Waals surface area contributed by atoms with E-state index in [2.05, 4.69) is 35.5 Å². The fourth-order valence-corrected chi connectivity index (χ4v) is 6.99. The maximum atomic E-state index is 13.5. The van der Waals surface area contributed by atoms with Crippen LogP contribution >= 0.6 is 11.6 Å². The van der Waals surface area contributed by atoms with Gasteiger partial charge in [-0.25, -0.2) is 0 Å². The lowest BCUT2D eigenvalue weighted by atomic mass is 9.85. The zero-order valence-corrected chi connectivity index (χ0v) is 30.5. The Bertz CT molecular complexity index is 1330. The first-order valence-corrected chi connectivity index (χ1v) is 18.8. The van der Waals surface area contributed by atoms with Gasteiger partial charge in [-0.05, 0) is 59.9 Å². The van der Waals surface area contributed by atoms with Gasteiger partial charge < -0.3 is 10.4 Å². The van der Waals surface area contributed by atoms with Gasteiger partial charge in [-0.15, -0.1) is 0 Å². The number of amides is 1. The van der Waals surface area contributed by atoms with Crippen molar-refractivity contribution in [3.05, 3.63) is 45.5 Å². The lowest BCUT2D eigenvalue weighted by molar-refractivity contribution is -0.116. The van der Waals surface area contributed by atoms with Gasteiger partial charge >= 0.3 is 10.2 Å². The fourth-order valence-electron chi connectivity index (χ4n) is 5.75. The minimum Gasteiger partial charge on any atom is -0.506 e. The van der Waals surface area contributed by atoms with Crippen molar-refractivity contribution in [1.82, 2.24) is 0 Å². The van der Waals surface area contributed by atoms with Crippen molar-refractivity contribution in [1.29, 1.82) is 0 Å². The number of aromatic hydroxyl groups is 1. The highest BCUT2D eigenvalue weighted by atomic mass is 35.5. The Balaban J connectivity index is 2.24. The molecule has 0 atom stereocenters. The summed E-state index contributed by atoms with van der Waals surface area (Å²) in [5.41, 5.74) is 4.47. The van der Waals surface area contributed by atoms with E-state index < -0.39 is 10.2 Å². The second kappa shape index (κ2) is 18.6. The van der Waals surface area contributed by atoms with Crippen molar-refractivity contribution in [2.24, 2.45) is 0 Å². The van der Waals surface area contributed by atoms with Crippen LogP contribution in [0.2, 0.25) is 5.02 Å². The normalized spacial score (nSPS) is 11.9. The molecular formula is C36H58ClN3O4S. The molecule has 0 saturated heterocycles. The number of nitrogens with one attached hydrogen (secondary N) is 3. The molecule has 0 aliphatic rings. The summed E-state index contributed by atoms with van der Waals surface area (Å²) in [6, 6.07) is 4.92. The number of phenolic OH excluding ortho intramolecular Hbond substituents is 1. The zero-order chi connectivity index (χ0) is 33.7. The van der Waals surface area contributed by atoms with Crippen LogP contribution in [0, 0.1) is 6.92 Å². The summed E-state index contributed by atoms with van der Waals surface area (Å²) in [4.78, 5) is 13.3. The molecule has 0 fully saturated rings. The second-order valence-corrected chi connectivity index (χ2v) is 15.2. The molecule has 0 unspecified atom stereocenters. The Hall–Kier alpha value is -2.45. The quantitative estimate of drug-likeness (QED) is 0.0835. The number of benzene rings is 2. The van der Waals surface area contributed by atoms with Crippen molar-refractivity contribution in [2.45, 2.75) is 150 Å². The number of hydrogen-bond donors (Lipinski definition) is 4. The number of unbranched alkanes of at least 4 members (excludes halogenated alkanes) is 10. The summed E-state index contributed by atoms with van der Waals surface area (Å²) >= 11 is 6.11. The number of halogens is 1. The zero-order valence-electron chi connectivity index (χ0n) is 28.9. The minimum atomic E-state index is -4.11. The third-order valence-electron chi connectivity index (χ3n) is 8.26. The predicted molar refractivity (Wildman–Crippen MR) is 192 cm³/mol. The third-order valence-corrected chi connectivity index (χ3v) is 9.53. The van der Waals surface area contributed by atoms with Gasteiger partial charge in [0.25, 0.3) is 0 Å². The maximum absolute atomic E-state index is 13.5. The number of anilines is 3. The van der Waals surface area contributed by atoms with Gasteiger partial charge in [-0.2, -0.15) is 8.42 Å². The second-order valence-electron chi connectivity index (χ2n) is 13.3. The Morgan fingerprint density at radius 2 is 1.27 bits per heavy atom. The molecule has 0 spiro atoms. The SMILES string of the molecule is CCCCCCCCCCCCCC(=O)Nc1c(C(C)C)cc(C(C)C)c(NS(=O)(=O)Nc2cc(C)c(O)c(Cl)c2)c1C(C)C. The Labute approximate surface area is 278 Å². The van der Waals surface area contributed by atoms with Crippen LogP contribution in [0.3, 0.4) is 0 Å². The van der Waals surface area contributed by atoms with Gasteiger partial charge in [0, 0.05) is 17.7 Å². The molecular weight excluding hydrogens is 606 g/mol. The maximum Gasteiger partial charge on any atom is 0.321 e. The first-order valence-electron chi connectivity index (χ1n) is 17.0. The number of carbonyl (C=O) groups excluding carboxylic acids is 1. The third kappa shape index (κ3) is 12.3. The molecule has 1 amide bonds. The first kappa shape index (κ1) is 38.7. The van der Waals surface area contributed by atoms with Crippen molar-refractivity contribution < 1.29 is 18.3 Å². The summed E-state index contributed by atoms with van der Waals surface area (Å²) in [5, 5.41) is 13.3. The molecule has 2 aromatic rings. The van der Waals surface area contributed by atoms with Crippen LogP contribution in [0.1, 0.15) is 166 Å². The van der Waals surface area contributed by atoms with Crippen molar-refractivity contribution >= 4 is 44.8 Å². The van der Waals surface area contributed by atoms with E-state index in [1.807, 2.05) is 33.8 Å². The molecule has 2 rings (SSSR count). The molecule has 0 radical (unpaired) electrons. The highest BCUT2D eigenvalue weighted by Gasteiger charge is 2.27. The van der Waals surface area contributed by atoms with E-state index in [1.54, 1.807) is 6.92 Å². The van der Waals surface area contributed by atoms with E-state index in [0.717, 1.165) is 36.0 Å². The van der Waals surface area contributed by atoms with E-state index in [9.17, 15) is 18.3 Å². The topological polar surface area (TPSA) is 108 Å². The van der Waals surface area contributed by atoms with Crippen LogP contribution in [-0.2, 0) is 15.0 Å². The van der Waals surface area contributed by atoms with Crippen molar-refractivity contribution in [2.75, 3.05) is 14.8 Å². The summed E-state index contributed by atoms with van der Waals surface area (Å²) in [6.07, 6.45) is 13.9. The van der Waals surface area contributed by atoms with Gasteiger partial charge in [0.05, 0.1) is 16.4 Å². The number of phenols is 1. The van der Waals surface area contributed by atoms with E-state index in [1.165, 1.54) is 63.5 Å².